The van der Waals surface area contributed by atoms with E-state index in [1.165, 1.54) is 18.4 Å². The number of aromatic nitrogens is 1. The van der Waals surface area contributed by atoms with Gasteiger partial charge in [0.15, 0.2) is 5.13 Å². The Morgan fingerprint density at radius 1 is 1.24 bits per heavy atom. The van der Waals surface area contributed by atoms with E-state index in [1.807, 2.05) is 37.4 Å². The van der Waals surface area contributed by atoms with Crippen molar-refractivity contribution in [2.24, 2.45) is 0 Å². The SMILES string of the molecule is CNCCCC(=O)Nc1nc(-c2ccccc2)c(CC(=O)OC)s1.Cl. The lowest BCUT2D eigenvalue weighted by molar-refractivity contribution is -0.139. The minimum absolute atomic E-state index is 0. The van der Waals surface area contributed by atoms with E-state index in [0.717, 1.165) is 23.4 Å². The fraction of sp³-hybridized carbons (Fsp3) is 0.353. The van der Waals surface area contributed by atoms with E-state index in [-0.39, 0.29) is 30.7 Å². The predicted octanol–water partition coefficient (Wildman–Crippen LogP) is 2.89. The third-order valence-corrected chi connectivity index (χ3v) is 4.32. The normalized spacial score (nSPS) is 10.0. The standard InChI is InChI=1S/C17H21N3O3S.ClH/c1-18-10-6-9-14(21)19-17-20-16(12-7-4-3-5-8-12)13(24-17)11-15(22)23-2;/h3-5,7-8,18H,6,9-11H2,1-2H3,(H,19,20,21);1H. The molecule has 0 aliphatic heterocycles. The predicted molar refractivity (Wildman–Crippen MR) is 102 cm³/mol. The minimum atomic E-state index is -0.331. The van der Waals surface area contributed by atoms with Crippen LogP contribution < -0.4 is 10.6 Å². The van der Waals surface area contributed by atoms with E-state index in [9.17, 15) is 9.59 Å². The number of carbonyl (C=O) groups excluding carboxylic acids is 2. The number of halogens is 1. The summed E-state index contributed by atoms with van der Waals surface area (Å²) in [5.74, 6) is -0.411. The first-order valence-corrected chi connectivity index (χ1v) is 8.52. The molecule has 0 radical (unpaired) electrons. The van der Waals surface area contributed by atoms with Crippen LogP contribution in [-0.4, -0.2) is 37.6 Å². The zero-order valence-corrected chi connectivity index (χ0v) is 15.8. The number of hydrogen-bond acceptors (Lipinski definition) is 6. The first kappa shape index (κ1) is 21.1. The second kappa shape index (κ2) is 10.8. The van der Waals surface area contributed by atoms with Gasteiger partial charge in [-0.3, -0.25) is 9.59 Å². The van der Waals surface area contributed by atoms with Gasteiger partial charge in [0.2, 0.25) is 5.91 Å². The summed E-state index contributed by atoms with van der Waals surface area (Å²) < 4.78 is 4.75. The van der Waals surface area contributed by atoms with Gasteiger partial charge < -0.3 is 15.4 Å². The van der Waals surface area contributed by atoms with Crippen molar-refractivity contribution in [3.8, 4) is 11.3 Å². The highest BCUT2D eigenvalue weighted by Gasteiger charge is 2.17. The van der Waals surface area contributed by atoms with Crippen LogP contribution in [0.5, 0.6) is 0 Å². The number of amides is 1. The number of carbonyl (C=O) groups is 2. The molecule has 8 heteroatoms. The van der Waals surface area contributed by atoms with E-state index in [0.29, 0.717) is 17.2 Å². The highest BCUT2D eigenvalue weighted by atomic mass is 35.5. The molecule has 2 aromatic rings. The molecule has 1 aromatic heterocycles. The lowest BCUT2D eigenvalue weighted by atomic mass is 10.1. The third-order valence-electron chi connectivity index (χ3n) is 3.35. The van der Waals surface area contributed by atoms with Crippen LogP contribution in [-0.2, 0) is 20.7 Å². The van der Waals surface area contributed by atoms with Crippen molar-refractivity contribution in [3.05, 3.63) is 35.2 Å². The van der Waals surface area contributed by atoms with Crippen molar-refractivity contribution in [2.75, 3.05) is 26.0 Å². The number of ether oxygens (including phenoxy) is 1. The Labute approximate surface area is 157 Å². The van der Waals surface area contributed by atoms with Gasteiger partial charge in [0.05, 0.1) is 19.2 Å². The van der Waals surface area contributed by atoms with Crippen molar-refractivity contribution >= 4 is 40.8 Å². The zero-order valence-electron chi connectivity index (χ0n) is 14.2. The van der Waals surface area contributed by atoms with Crippen LogP contribution in [0.1, 0.15) is 17.7 Å². The highest BCUT2D eigenvalue weighted by molar-refractivity contribution is 7.16. The van der Waals surface area contributed by atoms with E-state index in [1.54, 1.807) is 0 Å². The summed E-state index contributed by atoms with van der Waals surface area (Å²) in [7, 11) is 3.21. The number of hydrogen-bond donors (Lipinski definition) is 2. The molecule has 0 aliphatic carbocycles. The first-order valence-electron chi connectivity index (χ1n) is 7.70. The second-order valence-electron chi connectivity index (χ2n) is 5.17. The summed E-state index contributed by atoms with van der Waals surface area (Å²) in [5.41, 5.74) is 1.61. The molecule has 1 amide bonds. The fourth-order valence-corrected chi connectivity index (χ4v) is 3.14. The van der Waals surface area contributed by atoms with Crippen LogP contribution in [0.15, 0.2) is 30.3 Å². The van der Waals surface area contributed by atoms with Gasteiger partial charge in [-0.2, -0.15) is 0 Å². The number of methoxy groups -OCH3 is 1. The number of nitrogens with zero attached hydrogens (tertiary/aromatic N) is 1. The van der Waals surface area contributed by atoms with Gasteiger partial charge in [-0.15, -0.1) is 23.7 Å². The van der Waals surface area contributed by atoms with Gasteiger partial charge in [0.1, 0.15) is 0 Å². The van der Waals surface area contributed by atoms with Crippen molar-refractivity contribution in [1.82, 2.24) is 10.3 Å². The molecular formula is C17H22ClN3O3S. The Kier molecular flexibility index (Phi) is 9.12. The van der Waals surface area contributed by atoms with Gasteiger partial charge in [-0.1, -0.05) is 30.3 Å². The quantitative estimate of drug-likeness (QED) is 0.541. The van der Waals surface area contributed by atoms with E-state index in [2.05, 4.69) is 15.6 Å². The average molecular weight is 384 g/mol. The molecule has 0 bridgehead atoms. The van der Waals surface area contributed by atoms with E-state index < -0.39 is 0 Å². The van der Waals surface area contributed by atoms with Gasteiger partial charge in [0, 0.05) is 16.9 Å². The Morgan fingerprint density at radius 2 is 1.96 bits per heavy atom. The number of esters is 1. The summed E-state index contributed by atoms with van der Waals surface area (Å²) in [6.45, 7) is 0.786. The maximum atomic E-state index is 12.0. The molecule has 6 nitrogen and oxygen atoms in total. The van der Waals surface area contributed by atoms with Crippen LogP contribution in [0.2, 0.25) is 0 Å². The molecule has 2 N–H and O–H groups in total. The number of benzene rings is 1. The molecule has 1 heterocycles. The fourth-order valence-electron chi connectivity index (χ4n) is 2.16. The smallest absolute Gasteiger partial charge is 0.310 e. The van der Waals surface area contributed by atoms with E-state index >= 15 is 0 Å². The number of nitrogens with one attached hydrogen (secondary N) is 2. The Balaban J connectivity index is 0.00000312. The second-order valence-corrected chi connectivity index (χ2v) is 6.25. The molecule has 0 saturated heterocycles. The van der Waals surface area contributed by atoms with Gasteiger partial charge >= 0.3 is 5.97 Å². The highest BCUT2D eigenvalue weighted by Crippen LogP contribution is 2.31. The third kappa shape index (κ3) is 6.45. The molecule has 0 fully saturated rings. The first-order chi connectivity index (χ1) is 11.6. The van der Waals surface area contributed by atoms with Crippen molar-refractivity contribution < 1.29 is 14.3 Å². The largest absolute Gasteiger partial charge is 0.469 e. The molecule has 0 spiro atoms. The van der Waals surface area contributed by atoms with E-state index in [4.69, 9.17) is 4.74 Å². The summed E-state index contributed by atoms with van der Waals surface area (Å²) >= 11 is 1.31. The summed E-state index contributed by atoms with van der Waals surface area (Å²) in [6.07, 6.45) is 1.32. The lowest BCUT2D eigenvalue weighted by Crippen LogP contribution is -2.15. The molecule has 136 valence electrons. The summed E-state index contributed by atoms with van der Waals surface area (Å²) in [4.78, 5) is 28.9. The molecule has 0 atom stereocenters. The lowest BCUT2D eigenvalue weighted by Gasteiger charge is -2.01. The van der Waals surface area contributed by atoms with Crippen LogP contribution in [0.4, 0.5) is 5.13 Å². The van der Waals surface area contributed by atoms with Crippen LogP contribution in [0.25, 0.3) is 11.3 Å². The Hall–Kier alpha value is -1.96. The molecule has 0 aliphatic rings. The molecule has 0 saturated carbocycles. The van der Waals surface area contributed by atoms with Crippen molar-refractivity contribution in [3.63, 3.8) is 0 Å². The topological polar surface area (TPSA) is 80.3 Å². The van der Waals surface area contributed by atoms with Crippen LogP contribution in [0.3, 0.4) is 0 Å². The molecule has 2 rings (SSSR count). The maximum absolute atomic E-state index is 12.0. The van der Waals surface area contributed by atoms with Crippen LogP contribution in [0, 0.1) is 0 Å². The van der Waals surface area contributed by atoms with Gasteiger partial charge in [-0.25, -0.2) is 4.98 Å². The van der Waals surface area contributed by atoms with Crippen LogP contribution >= 0.6 is 23.7 Å². The van der Waals surface area contributed by atoms with Crippen molar-refractivity contribution in [1.29, 1.82) is 0 Å². The monoisotopic (exact) mass is 383 g/mol. The number of rotatable bonds is 8. The molecule has 0 unspecified atom stereocenters. The molecular weight excluding hydrogens is 362 g/mol. The number of thiazole rings is 1. The number of anilines is 1. The summed E-state index contributed by atoms with van der Waals surface area (Å²) in [5, 5.41) is 6.32. The summed E-state index contributed by atoms with van der Waals surface area (Å²) in [6, 6.07) is 9.59. The maximum Gasteiger partial charge on any atom is 0.310 e. The average Bonchev–Trinajstić information content (AvgIpc) is 2.98. The molecule has 25 heavy (non-hydrogen) atoms. The molecule has 1 aromatic carbocycles. The van der Waals surface area contributed by atoms with Gasteiger partial charge in [0.25, 0.3) is 0 Å². The Bertz CT molecular complexity index is 692. The van der Waals surface area contributed by atoms with Crippen molar-refractivity contribution in [2.45, 2.75) is 19.3 Å². The Morgan fingerprint density at radius 3 is 2.60 bits per heavy atom. The minimum Gasteiger partial charge on any atom is -0.469 e. The zero-order chi connectivity index (χ0) is 17.4. The van der Waals surface area contributed by atoms with Gasteiger partial charge in [-0.05, 0) is 20.0 Å².